The van der Waals surface area contributed by atoms with Crippen LogP contribution in [0.2, 0.25) is 0 Å². The molecular weight excluding hydrogens is 366 g/mol. The molecule has 0 aliphatic rings. The van der Waals surface area contributed by atoms with Crippen molar-refractivity contribution in [2.24, 2.45) is 10.2 Å². The van der Waals surface area contributed by atoms with E-state index in [9.17, 15) is 18.1 Å². The quantitative estimate of drug-likeness (QED) is 0.394. The van der Waals surface area contributed by atoms with Gasteiger partial charge in [0, 0.05) is 22.4 Å². The van der Waals surface area contributed by atoms with Crippen molar-refractivity contribution in [3.63, 3.8) is 0 Å². The molecular formula is C19H13N3O4S. The van der Waals surface area contributed by atoms with Crippen LogP contribution in [0.15, 0.2) is 82.0 Å². The summed E-state index contributed by atoms with van der Waals surface area (Å²) in [5, 5.41) is 19.9. The van der Waals surface area contributed by atoms with Crippen molar-refractivity contribution in [1.29, 1.82) is 0 Å². The van der Waals surface area contributed by atoms with Gasteiger partial charge in [-0.15, -0.1) is 10.2 Å². The van der Waals surface area contributed by atoms with E-state index in [2.05, 4.69) is 15.2 Å². The summed E-state index contributed by atoms with van der Waals surface area (Å²) in [6.07, 6.45) is 1.63. The maximum atomic E-state index is 11.8. The molecule has 0 atom stereocenters. The predicted octanol–water partition coefficient (Wildman–Crippen LogP) is 4.76. The lowest BCUT2D eigenvalue weighted by molar-refractivity contribution is 0.480. The van der Waals surface area contributed by atoms with Gasteiger partial charge in [0.1, 0.15) is 16.3 Å². The first-order valence-corrected chi connectivity index (χ1v) is 9.37. The average molecular weight is 379 g/mol. The van der Waals surface area contributed by atoms with E-state index in [1.807, 2.05) is 12.1 Å². The van der Waals surface area contributed by atoms with Crippen molar-refractivity contribution in [3.8, 4) is 5.75 Å². The molecule has 3 aromatic carbocycles. The molecule has 2 N–H and O–H groups in total. The van der Waals surface area contributed by atoms with Crippen LogP contribution in [0.5, 0.6) is 5.75 Å². The van der Waals surface area contributed by atoms with Crippen molar-refractivity contribution >= 4 is 43.2 Å². The van der Waals surface area contributed by atoms with Crippen molar-refractivity contribution in [2.75, 3.05) is 0 Å². The summed E-state index contributed by atoms with van der Waals surface area (Å²) >= 11 is 0. The number of pyridine rings is 1. The van der Waals surface area contributed by atoms with E-state index >= 15 is 0 Å². The summed E-state index contributed by atoms with van der Waals surface area (Å²) < 4.78 is 33.0. The van der Waals surface area contributed by atoms with Gasteiger partial charge in [0.05, 0.1) is 5.52 Å². The molecule has 0 unspecified atom stereocenters. The van der Waals surface area contributed by atoms with Gasteiger partial charge < -0.3 is 5.11 Å². The zero-order chi connectivity index (χ0) is 19.0. The Morgan fingerprint density at radius 2 is 1.56 bits per heavy atom. The van der Waals surface area contributed by atoms with Gasteiger partial charge in [-0.3, -0.25) is 9.54 Å². The Kier molecular flexibility index (Phi) is 4.06. The molecule has 0 radical (unpaired) electrons. The van der Waals surface area contributed by atoms with Gasteiger partial charge in [-0.1, -0.05) is 42.5 Å². The Hall–Kier alpha value is -3.36. The molecule has 0 bridgehead atoms. The summed E-state index contributed by atoms with van der Waals surface area (Å²) in [4.78, 5) is 3.92. The number of hydrogen-bond acceptors (Lipinski definition) is 6. The molecule has 0 fully saturated rings. The molecule has 0 aliphatic carbocycles. The fraction of sp³-hybridized carbons (Fsp3) is 0. The minimum Gasteiger partial charge on any atom is -0.505 e. The number of para-hydroxylation sites is 1. The summed E-state index contributed by atoms with van der Waals surface area (Å²) in [7, 11) is -4.51. The van der Waals surface area contributed by atoms with Gasteiger partial charge >= 0.3 is 0 Å². The van der Waals surface area contributed by atoms with Crippen LogP contribution in [-0.4, -0.2) is 23.1 Å². The smallest absolute Gasteiger partial charge is 0.295 e. The van der Waals surface area contributed by atoms with Crippen LogP contribution in [0, 0.1) is 0 Å². The maximum Gasteiger partial charge on any atom is 0.295 e. The van der Waals surface area contributed by atoms with E-state index in [1.54, 1.807) is 36.5 Å². The number of aromatic hydroxyl groups is 1. The highest BCUT2D eigenvalue weighted by molar-refractivity contribution is 7.86. The zero-order valence-electron chi connectivity index (χ0n) is 13.8. The second kappa shape index (κ2) is 6.42. The van der Waals surface area contributed by atoms with Gasteiger partial charge in [-0.25, -0.2) is 0 Å². The Morgan fingerprint density at radius 1 is 0.852 bits per heavy atom. The zero-order valence-corrected chi connectivity index (χ0v) is 14.6. The Labute approximate surface area is 154 Å². The fourth-order valence-electron chi connectivity index (χ4n) is 2.88. The number of phenolic OH excluding ortho intramolecular Hbond substituents is 1. The van der Waals surface area contributed by atoms with E-state index < -0.39 is 10.1 Å². The molecule has 0 amide bonds. The predicted molar refractivity (Wildman–Crippen MR) is 101 cm³/mol. The Morgan fingerprint density at radius 3 is 2.33 bits per heavy atom. The van der Waals surface area contributed by atoms with Crippen molar-refractivity contribution in [3.05, 3.63) is 66.9 Å². The van der Waals surface area contributed by atoms with Gasteiger partial charge in [0.15, 0.2) is 5.75 Å². The lowest BCUT2D eigenvalue weighted by Gasteiger charge is -2.08. The first-order chi connectivity index (χ1) is 12.9. The van der Waals surface area contributed by atoms with Crippen molar-refractivity contribution in [2.45, 2.75) is 4.90 Å². The van der Waals surface area contributed by atoms with Gasteiger partial charge in [0.2, 0.25) is 0 Å². The second-order valence-corrected chi connectivity index (χ2v) is 7.21. The number of rotatable bonds is 3. The van der Waals surface area contributed by atoms with Gasteiger partial charge in [-0.05, 0) is 18.2 Å². The minimum absolute atomic E-state index is 0.0748. The third-order valence-electron chi connectivity index (χ3n) is 4.11. The maximum absolute atomic E-state index is 11.8. The molecule has 0 spiro atoms. The molecule has 1 aromatic heterocycles. The molecule has 1 heterocycles. The highest BCUT2D eigenvalue weighted by Crippen LogP contribution is 2.39. The Bertz CT molecular complexity index is 1310. The van der Waals surface area contributed by atoms with Gasteiger partial charge in [0.25, 0.3) is 10.1 Å². The SMILES string of the molecule is O=S(=O)(O)c1cc(N=Nc2cccc3cccnc23)c(O)c2ccccc12. The minimum atomic E-state index is -4.51. The fourth-order valence-corrected chi connectivity index (χ4v) is 3.60. The van der Waals surface area contributed by atoms with Crippen LogP contribution in [0.3, 0.4) is 0 Å². The molecule has 7 nitrogen and oxygen atoms in total. The highest BCUT2D eigenvalue weighted by Gasteiger charge is 2.19. The third kappa shape index (κ3) is 3.12. The average Bonchev–Trinajstić information content (AvgIpc) is 2.66. The molecule has 134 valence electrons. The van der Waals surface area contributed by atoms with Crippen LogP contribution in [0.1, 0.15) is 0 Å². The number of azo groups is 1. The third-order valence-corrected chi connectivity index (χ3v) is 5.01. The van der Waals surface area contributed by atoms with Crippen LogP contribution in [-0.2, 0) is 10.1 Å². The number of benzene rings is 3. The normalized spacial score (nSPS) is 12.2. The second-order valence-electron chi connectivity index (χ2n) is 5.82. The van der Waals surface area contributed by atoms with Gasteiger partial charge in [-0.2, -0.15) is 8.42 Å². The summed E-state index contributed by atoms with van der Waals surface area (Å²) in [5.41, 5.74) is 1.02. The lowest BCUT2D eigenvalue weighted by atomic mass is 10.1. The molecule has 0 saturated heterocycles. The van der Waals surface area contributed by atoms with E-state index in [4.69, 9.17) is 0 Å². The highest BCUT2D eigenvalue weighted by atomic mass is 32.2. The number of hydrogen-bond donors (Lipinski definition) is 2. The molecule has 8 heteroatoms. The first kappa shape index (κ1) is 17.1. The summed E-state index contributed by atoms with van der Waals surface area (Å²) in [6.45, 7) is 0. The van der Waals surface area contributed by atoms with Crippen LogP contribution in [0.25, 0.3) is 21.7 Å². The first-order valence-electron chi connectivity index (χ1n) is 7.93. The topological polar surface area (TPSA) is 112 Å². The summed E-state index contributed by atoms with van der Waals surface area (Å²) in [6, 6.07) is 16.4. The lowest BCUT2D eigenvalue weighted by Crippen LogP contribution is -1.99. The van der Waals surface area contributed by atoms with Crippen molar-refractivity contribution in [1.82, 2.24) is 4.98 Å². The standard InChI is InChI=1S/C19H13N3O4S/c23-19-14-8-2-1-7-13(14)17(27(24,25)26)11-16(19)22-21-15-9-3-5-12-6-4-10-20-18(12)15/h1-11,23H,(H,24,25,26). The largest absolute Gasteiger partial charge is 0.505 e. The van der Waals surface area contributed by atoms with Crippen LogP contribution < -0.4 is 0 Å². The monoisotopic (exact) mass is 379 g/mol. The molecule has 0 aliphatic heterocycles. The number of aromatic nitrogens is 1. The van der Waals surface area contributed by atoms with Crippen molar-refractivity contribution < 1.29 is 18.1 Å². The number of nitrogens with zero attached hydrogens (tertiary/aromatic N) is 3. The van der Waals surface area contributed by atoms with E-state index in [-0.39, 0.29) is 27.1 Å². The molecule has 0 saturated carbocycles. The Balaban J connectivity index is 1.92. The van der Waals surface area contributed by atoms with E-state index in [0.717, 1.165) is 11.5 Å². The molecule has 27 heavy (non-hydrogen) atoms. The molecule has 4 rings (SSSR count). The van der Waals surface area contributed by atoms with E-state index in [0.29, 0.717) is 11.2 Å². The van der Waals surface area contributed by atoms with Crippen LogP contribution >= 0.6 is 0 Å². The summed E-state index contributed by atoms with van der Waals surface area (Å²) in [5.74, 6) is -0.227. The molecule has 4 aromatic rings. The number of fused-ring (bicyclic) bond motifs is 2. The van der Waals surface area contributed by atoms with E-state index in [1.165, 1.54) is 12.1 Å². The number of phenols is 1. The van der Waals surface area contributed by atoms with Crippen LogP contribution in [0.4, 0.5) is 11.4 Å².